The molecule has 3 atom stereocenters. The smallest absolute Gasteiger partial charge is 0.326 e. The molecule has 4 heteroatoms. The molecule has 0 radical (unpaired) electrons. The summed E-state index contributed by atoms with van der Waals surface area (Å²) in [5.41, 5.74) is 0. The standard InChI is InChI=1S/C11H17NO3/c1-2-9(11(14)15)12-10(13)8-4-6-3-7(6)5-8/h6-9H,2-5H2,1H3,(H,12,13)(H,14,15)/t6?,7?,8?,9-/m1/s1. The molecule has 0 bridgehead atoms. The molecule has 1 amide bonds. The molecular formula is C11H17NO3. The molecule has 2 aliphatic carbocycles. The Hall–Kier alpha value is -1.06. The molecule has 84 valence electrons. The Morgan fingerprint density at radius 3 is 2.40 bits per heavy atom. The Morgan fingerprint density at radius 1 is 1.33 bits per heavy atom. The Kier molecular flexibility index (Phi) is 2.67. The van der Waals surface area contributed by atoms with Gasteiger partial charge in [0.25, 0.3) is 0 Å². The first-order valence-corrected chi connectivity index (χ1v) is 5.65. The lowest BCUT2D eigenvalue weighted by Gasteiger charge is -2.16. The van der Waals surface area contributed by atoms with Crippen molar-refractivity contribution in [2.24, 2.45) is 17.8 Å². The van der Waals surface area contributed by atoms with Crippen molar-refractivity contribution in [3.8, 4) is 0 Å². The molecule has 0 aromatic heterocycles. The zero-order valence-corrected chi connectivity index (χ0v) is 8.90. The van der Waals surface area contributed by atoms with Crippen LogP contribution in [0.25, 0.3) is 0 Å². The summed E-state index contributed by atoms with van der Waals surface area (Å²) < 4.78 is 0. The molecule has 0 aliphatic heterocycles. The molecule has 2 rings (SSSR count). The summed E-state index contributed by atoms with van der Waals surface area (Å²) in [4.78, 5) is 22.5. The van der Waals surface area contributed by atoms with Gasteiger partial charge in [-0.1, -0.05) is 6.92 Å². The molecule has 2 aliphatic rings. The van der Waals surface area contributed by atoms with E-state index in [1.54, 1.807) is 6.92 Å². The average Bonchev–Trinajstić information content (AvgIpc) is 2.81. The minimum Gasteiger partial charge on any atom is -0.480 e. The van der Waals surface area contributed by atoms with Crippen LogP contribution in [0.5, 0.6) is 0 Å². The summed E-state index contributed by atoms with van der Waals surface area (Å²) in [6, 6.07) is -0.713. The van der Waals surface area contributed by atoms with E-state index >= 15 is 0 Å². The second-order valence-electron chi connectivity index (χ2n) is 4.73. The molecule has 2 N–H and O–H groups in total. The quantitative estimate of drug-likeness (QED) is 0.729. The highest BCUT2D eigenvalue weighted by Gasteiger charge is 2.48. The van der Waals surface area contributed by atoms with Crippen LogP contribution in [0.1, 0.15) is 32.6 Å². The maximum absolute atomic E-state index is 11.7. The molecule has 0 aromatic carbocycles. The molecule has 0 heterocycles. The monoisotopic (exact) mass is 211 g/mol. The number of fused-ring (bicyclic) bond motifs is 1. The van der Waals surface area contributed by atoms with Crippen LogP contribution in [-0.2, 0) is 9.59 Å². The number of carbonyl (C=O) groups excluding carboxylic acids is 1. The summed E-state index contributed by atoms with van der Waals surface area (Å²) in [5.74, 6) is 0.587. The van der Waals surface area contributed by atoms with Crippen LogP contribution in [0.2, 0.25) is 0 Å². The molecule has 0 aromatic rings. The van der Waals surface area contributed by atoms with Gasteiger partial charge in [-0.2, -0.15) is 0 Å². The van der Waals surface area contributed by atoms with Gasteiger partial charge in [-0.25, -0.2) is 4.79 Å². The number of rotatable bonds is 4. The van der Waals surface area contributed by atoms with E-state index in [1.807, 2.05) is 0 Å². The summed E-state index contributed by atoms with van der Waals surface area (Å²) >= 11 is 0. The van der Waals surface area contributed by atoms with Gasteiger partial charge >= 0.3 is 5.97 Å². The van der Waals surface area contributed by atoms with Crippen LogP contribution in [-0.4, -0.2) is 23.0 Å². The van der Waals surface area contributed by atoms with Crippen LogP contribution >= 0.6 is 0 Å². The molecule has 0 spiro atoms. The van der Waals surface area contributed by atoms with Gasteiger partial charge < -0.3 is 10.4 Å². The van der Waals surface area contributed by atoms with Crippen LogP contribution in [0.4, 0.5) is 0 Å². The summed E-state index contributed by atoms with van der Waals surface area (Å²) in [7, 11) is 0. The number of hydrogen-bond acceptors (Lipinski definition) is 2. The largest absolute Gasteiger partial charge is 0.480 e. The zero-order chi connectivity index (χ0) is 11.0. The third-order valence-electron chi connectivity index (χ3n) is 3.64. The molecular weight excluding hydrogens is 194 g/mol. The zero-order valence-electron chi connectivity index (χ0n) is 8.90. The van der Waals surface area contributed by atoms with Crippen molar-refractivity contribution < 1.29 is 14.7 Å². The Balaban J connectivity index is 1.83. The number of carbonyl (C=O) groups is 2. The van der Waals surface area contributed by atoms with Crippen molar-refractivity contribution in [3.05, 3.63) is 0 Å². The number of nitrogens with one attached hydrogen (secondary N) is 1. The van der Waals surface area contributed by atoms with Crippen LogP contribution in [0.3, 0.4) is 0 Å². The number of amides is 1. The van der Waals surface area contributed by atoms with Crippen molar-refractivity contribution in [2.75, 3.05) is 0 Å². The number of hydrogen-bond donors (Lipinski definition) is 2. The van der Waals surface area contributed by atoms with Crippen molar-refractivity contribution >= 4 is 11.9 Å². The van der Waals surface area contributed by atoms with Crippen LogP contribution in [0.15, 0.2) is 0 Å². The normalized spacial score (nSPS) is 34.3. The van der Waals surface area contributed by atoms with Gasteiger partial charge in [-0.05, 0) is 37.5 Å². The van der Waals surface area contributed by atoms with Gasteiger partial charge in [0.05, 0.1) is 0 Å². The summed E-state index contributed by atoms with van der Waals surface area (Å²) in [5, 5.41) is 11.4. The van der Waals surface area contributed by atoms with E-state index in [1.165, 1.54) is 6.42 Å². The lowest BCUT2D eigenvalue weighted by molar-refractivity contribution is -0.142. The van der Waals surface area contributed by atoms with E-state index in [2.05, 4.69) is 5.32 Å². The van der Waals surface area contributed by atoms with Crippen molar-refractivity contribution in [3.63, 3.8) is 0 Å². The molecule has 2 saturated carbocycles. The van der Waals surface area contributed by atoms with Gasteiger partial charge in [-0.15, -0.1) is 0 Å². The second kappa shape index (κ2) is 3.83. The first-order valence-electron chi connectivity index (χ1n) is 5.65. The van der Waals surface area contributed by atoms with Crippen molar-refractivity contribution in [1.82, 2.24) is 5.32 Å². The maximum atomic E-state index is 11.7. The van der Waals surface area contributed by atoms with Gasteiger partial charge in [0.1, 0.15) is 6.04 Å². The molecule has 15 heavy (non-hydrogen) atoms. The summed E-state index contributed by atoms with van der Waals surface area (Å²) in [6.45, 7) is 1.77. The van der Waals surface area contributed by atoms with Gasteiger partial charge in [-0.3, -0.25) is 4.79 Å². The van der Waals surface area contributed by atoms with E-state index in [0.717, 1.165) is 24.7 Å². The minimum atomic E-state index is -0.936. The summed E-state index contributed by atoms with van der Waals surface area (Å²) in [6.07, 6.45) is 3.65. The van der Waals surface area contributed by atoms with Crippen molar-refractivity contribution in [2.45, 2.75) is 38.6 Å². The van der Waals surface area contributed by atoms with E-state index in [4.69, 9.17) is 5.11 Å². The predicted octanol–water partition coefficient (Wildman–Crippen LogP) is 1.01. The van der Waals surface area contributed by atoms with E-state index in [0.29, 0.717) is 6.42 Å². The van der Waals surface area contributed by atoms with E-state index in [-0.39, 0.29) is 11.8 Å². The average molecular weight is 211 g/mol. The topological polar surface area (TPSA) is 66.4 Å². The lowest BCUT2D eigenvalue weighted by Crippen LogP contribution is -2.43. The highest BCUT2D eigenvalue weighted by Crippen LogP contribution is 2.54. The predicted molar refractivity (Wildman–Crippen MR) is 54.2 cm³/mol. The molecule has 2 fully saturated rings. The molecule has 4 nitrogen and oxygen atoms in total. The fourth-order valence-corrected chi connectivity index (χ4v) is 2.56. The second-order valence-corrected chi connectivity index (χ2v) is 4.73. The highest BCUT2D eigenvalue weighted by molar-refractivity contribution is 5.85. The third kappa shape index (κ3) is 2.13. The number of carboxylic acids is 1. The number of aliphatic carboxylic acids is 1. The first-order chi connectivity index (χ1) is 7.11. The van der Waals surface area contributed by atoms with E-state index < -0.39 is 12.0 Å². The van der Waals surface area contributed by atoms with Gasteiger partial charge in [0, 0.05) is 5.92 Å². The maximum Gasteiger partial charge on any atom is 0.326 e. The minimum absolute atomic E-state index is 0.0588. The van der Waals surface area contributed by atoms with Crippen LogP contribution < -0.4 is 5.32 Å². The molecule has 0 saturated heterocycles. The Morgan fingerprint density at radius 2 is 1.93 bits per heavy atom. The third-order valence-corrected chi connectivity index (χ3v) is 3.64. The fraction of sp³-hybridized carbons (Fsp3) is 0.818. The number of carboxylic acid groups (broad SMARTS) is 1. The highest BCUT2D eigenvalue weighted by atomic mass is 16.4. The van der Waals surface area contributed by atoms with E-state index in [9.17, 15) is 9.59 Å². The fourth-order valence-electron chi connectivity index (χ4n) is 2.56. The van der Waals surface area contributed by atoms with Gasteiger partial charge in [0.2, 0.25) is 5.91 Å². The van der Waals surface area contributed by atoms with Crippen molar-refractivity contribution in [1.29, 1.82) is 0 Å². The van der Waals surface area contributed by atoms with Crippen LogP contribution in [0, 0.1) is 17.8 Å². The molecule has 2 unspecified atom stereocenters. The lowest BCUT2D eigenvalue weighted by atomic mass is 10.0. The SMILES string of the molecule is CC[C@@H](NC(=O)C1CC2CC2C1)C(=O)O. The first kappa shape index (κ1) is 10.5. The van der Waals surface area contributed by atoms with Gasteiger partial charge in [0.15, 0.2) is 0 Å². The Bertz CT molecular complexity index is 280. The Labute approximate surface area is 89.0 Å².